The third-order valence-electron chi connectivity index (χ3n) is 3.91. The minimum absolute atomic E-state index is 0.585. The van der Waals surface area contributed by atoms with Crippen LogP contribution in [0.1, 0.15) is 44.6 Å². The van der Waals surface area contributed by atoms with Crippen LogP contribution in [0.3, 0.4) is 0 Å². The van der Waals surface area contributed by atoms with E-state index in [9.17, 15) is 0 Å². The standard InChI is InChI=1S/C17H26ClNS/c1-2-11-19-16(13-20-17-5-3-4-6-17)12-14-7-9-15(18)10-8-14/h7-10,16-17,19H,2-6,11-13H2,1H3. The van der Waals surface area contributed by atoms with Crippen LogP contribution in [0.4, 0.5) is 0 Å². The number of hydrogen-bond donors (Lipinski definition) is 1. The summed E-state index contributed by atoms with van der Waals surface area (Å²) in [5, 5.41) is 5.44. The molecule has 0 heterocycles. The molecule has 1 aromatic rings. The first-order valence-electron chi connectivity index (χ1n) is 7.87. The predicted molar refractivity (Wildman–Crippen MR) is 92.0 cm³/mol. The molecule has 112 valence electrons. The highest BCUT2D eigenvalue weighted by Crippen LogP contribution is 2.30. The maximum atomic E-state index is 5.96. The zero-order valence-electron chi connectivity index (χ0n) is 12.4. The van der Waals surface area contributed by atoms with E-state index in [1.54, 1.807) is 0 Å². The average Bonchev–Trinajstić information content (AvgIpc) is 2.97. The van der Waals surface area contributed by atoms with E-state index in [4.69, 9.17) is 11.6 Å². The molecule has 1 aromatic carbocycles. The Morgan fingerprint density at radius 2 is 1.95 bits per heavy atom. The van der Waals surface area contributed by atoms with Gasteiger partial charge in [0.25, 0.3) is 0 Å². The minimum Gasteiger partial charge on any atom is -0.313 e. The fourth-order valence-electron chi connectivity index (χ4n) is 2.75. The molecule has 3 heteroatoms. The summed E-state index contributed by atoms with van der Waals surface area (Å²) in [4.78, 5) is 0. The van der Waals surface area contributed by atoms with Crippen LogP contribution >= 0.6 is 23.4 Å². The van der Waals surface area contributed by atoms with E-state index in [-0.39, 0.29) is 0 Å². The average molecular weight is 312 g/mol. The van der Waals surface area contributed by atoms with Crippen molar-refractivity contribution >= 4 is 23.4 Å². The topological polar surface area (TPSA) is 12.0 Å². The third-order valence-corrected chi connectivity index (χ3v) is 5.70. The van der Waals surface area contributed by atoms with E-state index >= 15 is 0 Å². The lowest BCUT2D eigenvalue weighted by atomic mass is 10.1. The lowest BCUT2D eigenvalue weighted by molar-refractivity contribution is 0.549. The van der Waals surface area contributed by atoms with Crippen LogP contribution in [0.25, 0.3) is 0 Å². The molecule has 1 aliphatic carbocycles. The van der Waals surface area contributed by atoms with E-state index in [1.165, 1.54) is 43.4 Å². The first-order valence-corrected chi connectivity index (χ1v) is 9.30. The van der Waals surface area contributed by atoms with Crippen molar-refractivity contribution in [3.05, 3.63) is 34.9 Å². The number of thioether (sulfide) groups is 1. The molecule has 1 N–H and O–H groups in total. The quantitative estimate of drug-likeness (QED) is 0.731. The van der Waals surface area contributed by atoms with Crippen molar-refractivity contribution in [3.63, 3.8) is 0 Å². The van der Waals surface area contributed by atoms with Crippen molar-refractivity contribution < 1.29 is 0 Å². The molecule has 1 saturated carbocycles. The van der Waals surface area contributed by atoms with Crippen LogP contribution in [0.15, 0.2) is 24.3 Å². The van der Waals surface area contributed by atoms with E-state index in [2.05, 4.69) is 36.1 Å². The fourth-order valence-corrected chi connectivity index (χ4v) is 4.28. The van der Waals surface area contributed by atoms with Gasteiger partial charge in [-0.2, -0.15) is 11.8 Å². The van der Waals surface area contributed by atoms with Gasteiger partial charge in [-0.3, -0.25) is 0 Å². The summed E-state index contributed by atoms with van der Waals surface area (Å²) in [6.45, 7) is 3.35. The third kappa shape index (κ3) is 5.67. The van der Waals surface area contributed by atoms with Gasteiger partial charge in [0.15, 0.2) is 0 Å². The van der Waals surface area contributed by atoms with E-state index < -0.39 is 0 Å². The number of rotatable bonds is 8. The smallest absolute Gasteiger partial charge is 0.0406 e. The molecule has 0 saturated heterocycles. The molecular weight excluding hydrogens is 286 g/mol. The highest BCUT2D eigenvalue weighted by molar-refractivity contribution is 7.99. The van der Waals surface area contributed by atoms with Crippen molar-refractivity contribution in [3.8, 4) is 0 Å². The van der Waals surface area contributed by atoms with Gasteiger partial charge < -0.3 is 5.32 Å². The summed E-state index contributed by atoms with van der Waals surface area (Å²) in [6, 6.07) is 8.89. The monoisotopic (exact) mass is 311 g/mol. The van der Waals surface area contributed by atoms with Gasteiger partial charge in [0, 0.05) is 22.1 Å². The van der Waals surface area contributed by atoms with Gasteiger partial charge in [-0.1, -0.05) is 43.5 Å². The number of benzene rings is 1. The Balaban J connectivity index is 1.83. The predicted octanol–water partition coefficient (Wildman–Crippen LogP) is 4.93. The molecule has 1 unspecified atom stereocenters. The van der Waals surface area contributed by atoms with Gasteiger partial charge >= 0.3 is 0 Å². The van der Waals surface area contributed by atoms with Gasteiger partial charge in [-0.05, 0) is 49.9 Å². The summed E-state index contributed by atoms with van der Waals surface area (Å²) in [5.41, 5.74) is 1.38. The lowest BCUT2D eigenvalue weighted by Gasteiger charge is -2.20. The van der Waals surface area contributed by atoms with Crippen LogP contribution in [-0.4, -0.2) is 23.6 Å². The number of nitrogens with one attached hydrogen (secondary N) is 1. The second-order valence-electron chi connectivity index (χ2n) is 5.72. The molecule has 0 amide bonds. The SMILES string of the molecule is CCCNC(CSC1CCCC1)Cc1ccc(Cl)cc1. The fraction of sp³-hybridized carbons (Fsp3) is 0.647. The van der Waals surface area contributed by atoms with E-state index in [1.807, 2.05) is 12.1 Å². The Morgan fingerprint density at radius 3 is 2.60 bits per heavy atom. The summed E-state index contributed by atoms with van der Waals surface area (Å²) in [6.07, 6.45) is 8.02. The van der Waals surface area contributed by atoms with E-state index in [0.717, 1.165) is 23.2 Å². The minimum atomic E-state index is 0.585. The first kappa shape index (κ1) is 16.2. The molecule has 2 rings (SSSR count). The lowest BCUT2D eigenvalue weighted by Crippen LogP contribution is -2.34. The van der Waals surface area contributed by atoms with E-state index in [0.29, 0.717) is 6.04 Å². The Hall–Kier alpha value is -0.180. The Morgan fingerprint density at radius 1 is 1.25 bits per heavy atom. The zero-order chi connectivity index (χ0) is 14.2. The van der Waals surface area contributed by atoms with Crippen LogP contribution in [0, 0.1) is 0 Å². The van der Waals surface area contributed by atoms with Crippen molar-refractivity contribution in [2.45, 2.75) is 56.7 Å². The zero-order valence-corrected chi connectivity index (χ0v) is 14.0. The highest BCUT2D eigenvalue weighted by atomic mass is 35.5. The Kier molecular flexibility index (Phi) is 7.26. The summed E-state index contributed by atoms with van der Waals surface area (Å²) in [7, 11) is 0. The van der Waals surface area contributed by atoms with Gasteiger partial charge in [0.1, 0.15) is 0 Å². The normalized spacial score (nSPS) is 17.5. The van der Waals surface area contributed by atoms with Crippen LogP contribution in [-0.2, 0) is 6.42 Å². The molecule has 1 fully saturated rings. The van der Waals surface area contributed by atoms with Crippen LogP contribution in [0.5, 0.6) is 0 Å². The molecule has 20 heavy (non-hydrogen) atoms. The highest BCUT2D eigenvalue weighted by Gasteiger charge is 2.17. The van der Waals surface area contributed by atoms with Crippen molar-refractivity contribution in [1.82, 2.24) is 5.32 Å². The molecule has 1 aliphatic rings. The molecule has 0 radical (unpaired) electrons. The second-order valence-corrected chi connectivity index (χ2v) is 7.49. The van der Waals surface area contributed by atoms with Crippen molar-refractivity contribution in [1.29, 1.82) is 0 Å². The molecule has 1 atom stereocenters. The molecule has 1 nitrogen and oxygen atoms in total. The molecule has 0 aliphatic heterocycles. The molecule has 0 bridgehead atoms. The maximum Gasteiger partial charge on any atom is 0.0406 e. The van der Waals surface area contributed by atoms with Gasteiger partial charge in [0.2, 0.25) is 0 Å². The Labute approximate surface area is 132 Å². The van der Waals surface area contributed by atoms with Crippen LogP contribution < -0.4 is 5.32 Å². The number of halogens is 1. The summed E-state index contributed by atoms with van der Waals surface area (Å²) < 4.78 is 0. The van der Waals surface area contributed by atoms with Gasteiger partial charge in [0.05, 0.1) is 0 Å². The first-order chi connectivity index (χ1) is 9.78. The largest absolute Gasteiger partial charge is 0.313 e. The molecule has 0 aromatic heterocycles. The maximum absolute atomic E-state index is 5.96. The van der Waals surface area contributed by atoms with Crippen molar-refractivity contribution in [2.24, 2.45) is 0 Å². The van der Waals surface area contributed by atoms with Gasteiger partial charge in [-0.25, -0.2) is 0 Å². The van der Waals surface area contributed by atoms with Gasteiger partial charge in [-0.15, -0.1) is 0 Å². The summed E-state index contributed by atoms with van der Waals surface area (Å²) >= 11 is 8.14. The molecule has 0 spiro atoms. The Bertz CT molecular complexity index is 373. The number of hydrogen-bond acceptors (Lipinski definition) is 2. The second kappa shape index (κ2) is 8.96. The van der Waals surface area contributed by atoms with Crippen molar-refractivity contribution in [2.75, 3.05) is 12.3 Å². The van der Waals surface area contributed by atoms with Crippen LogP contribution in [0.2, 0.25) is 5.02 Å². The summed E-state index contributed by atoms with van der Waals surface area (Å²) in [5.74, 6) is 1.23. The molecular formula is C17H26ClNS.